The number of nitrogens with one attached hydrogen (secondary N) is 1. The van der Waals surface area contributed by atoms with Crippen LogP contribution < -0.4 is 10.1 Å². The lowest BCUT2D eigenvalue weighted by molar-refractivity contribution is -0.114. The van der Waals surface area contributed by atoms with Crippen LogP contribution in [0.3, 0.4) is 0 Å². The van der Waals surface area contributed by atoms with Crippen molar-refractivity contribution in [2.24, 2.45) is 0 Å². The Kier molecular flexibility index (Phi) is 12.5. The average Bonchev–Trinajstić information content (AvgIpc) is 2.60. The summed E-state index contributed by atoms with van der Waals surface area (Å²) in [6, 6.07) is 7.20. The maximum atomic E-state index is 10.9. The molecular formula is C18H29NO6. The molecule has 0 aromatic heterocycles. The molecule has 25 heavy (non-hydrogen) atoms. The van der Waals surface area contributed by atoms with Gasteiger partial charge in [-0.25, -0.2) is 0 Å². The van der Waals surface area contributed by atoms with Crippen molar-refractivity contribution in [1.82, 2.24) is 0 Å². The van der Waals surface area contributed by atoms with Gasteiger partial charge in [-0.05, 0) is 31.2 Å². The van der Waals surface area contributed by atoms with Crippen molar-refractivity contribution in [3.63, 3.8) is 0 Å². The van der Waals surface area contributed by atoms with Crippen molar-refractivity contribution in [3.05, 3.63) is 24.3 Å². The van der Waals surface area contributed by atoms with Crippen LogP contribution in [0, 0.1) is 0 Å². The molecule has 0 aliphatic rings. The summed E-state index contributed by atoms with van der Waals surface area (Å²) in [6.45, 7) is 8.46. The number of ether oxygens (including phenoxy) is 5. The number of hydrogen-bond donors (Lipinski definition) is 1. The molecule has 0 unspecified atom stereocenters. The quantitative estimate of drug-likeness (QED) is 0.486. The molecule has 0 atom stereocenters. The fourth-order valence-corrected chi connectivity index (χ4v) is 1.86. The Hall–Kier alpha value is -1.67. The second-order valence-corrected chi connectivity index (χ2v) is 5.09. The summed E-state index contributed by atoms with van der Waals surface area (Å²) in [6.07, 6.45) is 0. The number of rotatable bonds is 15. The number of carbonyl (C=O) groups excluding carboxylic acids is 1. The highest BCUT2D eigenvalue weighted by atomic mass is 16.6. The standard InChI is InChI=1S/C18H29NO6/c1-3-21-8-9-22-10-11-23-12-13-24-14-15-25-18-6-4-17(5-7-18)19-16(2)20/h4-7H,3,8-15H2,1-2H3,(H,19,20). The zero-order valence-electron chi connectivity index (χ0n) is 15.1. The van der Waals surface area contributed by atoms with Crippen molar-refractivity contribution in [2.45, 2.75) is 13.8 Å². The molecule has 0 fully saturated rings. The molecule has 1 N–H and O–H groups in total. The predicted octanol–water partition coefficient (Wildman–Crippen LogP) is 2.11. The highest BCUT2D eigenvalue weighted by Gasteiger charge is 1.98. The van der Waals surface area contributed by atoms with Gasteiger partial charge in [0.1, 0.15) is 12.4 Å². The van der Waals surface area contributed by atoms with E-state index in [1.165, 1.54) is 6.92 Å². The summed E-state index contributed by atoms with van der Waals surface area (Å²) in [5.74, 6) is 0.638. The van der Waals surface area contributed by atoms with E-state index in [1.807, 2.05) is 6.92 Å². The molecule has 0 aliphatic heterocycles. The van der Waals surface area contributed by atoms with Gasteiger partial charge < -0.3 is 29.0 Å². The van der Waals surface area contributed by atoms with E-state index < -0.39 is 0 Å². The van der Waals surface area contributed by atoms with E-state index in [0.717, 1.165) is 11.4 Å². The highest BCUT2D eigenvalue weighted by molar-refractivity contribution is 5.88. The first kappa shape index (κ1) is 21.4. The van der Waals surface area contributed by atoms with Gasteiger partial charge in [-0.15, -0.1) is 0 Å². The first-order valence-corrected chi connectivity index (χ1v) is 8.53. The smallest absolute Gasteiger partial charge is 0.221 e. The molecule has 7 nitrogen and oxygen atoms in total. The lowest BCUT2D eigenvalue weighted by Gasteiger charge is -2.09. The minimum Gasteiger partial charge on any atom is -0.491 e. The molecule has 0 heterocycles. The van der Waals surface area contributed by atoms with Crippen LogP contribution in [0.2, 0.25) is 0 Å². The molecule has 0 saturated carbocycles. The van der Waals surface area contributed by atoms with Gasteiger partial charge in [-0.3, -0.25) is 4.79 Å². The SMILES string of the molecule is CCOCCOCCOCCOCCOc1ccc(NC(C)=O)cc1. The number of carbonyl (C=O) groups is 1. The van der Waals surface area contributed by atoms with E-state index in [2.05, 4.69) is 5.32 Å². The molecule has 1 rings (SSSR count). The van der Waals surface area contributed by atoms with Crippen LogP contribution in [0.1, 0.15) is 13.8 Å². The molecule has 1 aromatic carbocycles. The van der Waals surface area contributed by atoms with Crippen molar-refractivity contribution >= 4 is 11.6 Å². The number of benzene rings is 1. The summed E-state index contributed by atoms with van der Waals surface area (Å²) in [4.78, 5) is 10.9. The van der Waals surface area contributed by atoms with Gasteiger partial charge in [-0.2, -0.15) is 0 Å². The molecule has 0 aliphatic carbocycles. The molecular weight excluding hydrogens is 326 g/mol. The van der Waals surface area contributed by atoms with Gasteiger partial charge in [-0.1, -0.05) is 0 Å². The molecule has 1 aromatic rings. The first-order valence-electron chi connectivity index (χ1n) is 8.53. The van der Waals surface area contributed by atoms with Crippen LogP contribution in [0.4, 0.5) is 5.69 Å². The van der Waals surface area contributed by atoms with Crippen molar-refractivity contribution in [2.75, 3.05) is 64.8 Å². The van der Waals surface area contributed by atoms with Gasteiger partial charge in [0.25, 0.3) is 0 Å². The summed E-state index contributed by atoms with van der Waals surface area (Å²) in [7, 11) is 0. The number of anilines is 1. The Morgan fingerprint density at radius 3 is 1.76 bits per heavy atom. The molecule has 7 heteroatoms. The van der Waals surface area contributed by atoms with Crippen LogP contribution in [-0.4, -0.2) is 65.4 Å². The first-order chi connectivity index (χ1) is 12.2. The lowest BCUT2D eigenvalue weighted by atomic mass is 10.3. The van der Waals surface area contributed by atoms with Crippen LogP contribution in [0.5, 0.6) is 5.75 Å². The number of amides is 1. The Bertz CT molecular complexity index is 451. The van der Waals surface area contributed by atoms with E-state index in [-0.39, 0.29) is 5.91 Å². The average molecular weight is 355 g/mol. The normalized spacial score (nSPS) is 10.6. The molecule has 1 amide bonds. The molecule has 0 bridgehead atoms. The largest absolute Gasteiger partial charge is 0.491 e. The van der Waals surface area contributed by atoms with Crippen molar-refractivity contribution in [3.8, 4) is 5.75 Å². The molecule has 142 valence electrons. The Morgan fingerprint density at radius 2 is 1.28 bits per heavy atom. The third-order valence-corrected chi connectivity index (χ3v) is 2.99. The molecule has 0 radical (unpaired) electrons. The minimum atomic E-state index is -0.0960. The summed E-state index contributed by atoms with van der Waals surface area (Å²) < 4.78 is 26.8. The highest BCUT2D eigenvalue weighted by Crippen LogP contribution is 2.15. The fourth-order valence-electron chi connectivity index (χ4n) is 1.86. The van der Waals surface area contributed by atoms with Crippen LogP contribution in [0.25, 0.3) is 0 Å². The van der Waals surface area contributed by atoms with Gasteiger partial charge >= 0.3 is 0 Å². The topological polar surface area (TPSA) is 75.2 Å². The molecule has 0 spiro atoms. The van der Waals surface area contributed by atoms with Crippen LogP contribution >= 0.6 is 0 Å². The van der Waals surface area contributed by atoms with Gasteiger partial charge in [0, 0.05) is 19.2 Å². The van der Waals surface area contributed by atoms with E-state index in [0.29, 0.717) is 59.5 Å². The second kappa shape index (κ2) is 14.7. The Balaban J connectivity index is 1.89. The van der Waals surface area contributed by atoms with Crippen molar-refractivity contribution < 1.29 is 28.5 Å². The predicted molar refractivity (Wildman–Crippen MR) is 95.2 cm³/mol. The van der Waals surface area contributed by atoms with E-state index >= 15 is 0 Å². The summed E-state index contributed by atoms with van der Waals surface area (Å²) in [5.41, 5.74) is 0.745. The fraction of sp³-hybridized carbons (Fsp3) is 0.611. The minimum absolute atomic E-state index is 0.0960. The lowest BCUT2D eigenvalue weighted by Crippen LogP contribution is -2.13. The second-order valence-electron chi connectivity index (χ2n) is 5.09. The van der Waals surface area contributed by atoms with E-state index in [1.54, 1.807) is 24.3 Å². The van der Waals surface area contributed by atoms with E-state index in [4.69, 9.17) is 23.7 Å². The van der Waals surface area contributed by atoms with Gasteiger partial charge in [0.15, 0.2) is 0 Å². The molecule has 0 saturated heterocycles. The maximum absolute atomic E-state index is 10.9. The zero-order valence-corrected chi connectivity index (χ0v) is 15.1. The summed E-state index contributed by atoms with van der Waals surface area (Å²) >= 11 is 0. The Labute approximate surface area is 149 Å². The van der Waals surface area contributed by atoms with Crippen LogP contribution in [0.15, 0.2) is 24.3 Å². The summed E-state index contributed by atoms with van der Waals surface area (Å²) in [5, 5.41) is 2.70. The van der Waals surface area contributed by atoms with Gasteiger partial charge in [0.05, 0.1) is 46.2 Å². The van der Waals surface area contributed by atoms with Gasteiger partial charge in [0.2, 0.25) is 5.91 Å². The third kappa shape index (κ3) is 12.4. The zero-order chi connectivity index (χ0) is 18.2. The Morgan fingerprint density at radius 1 is 0.800 bits per heavy atom. The third-order valence-electron chi connectivity index (χ3n) is 2.99. The number of hydrogen-bond acceptors (Lipinski definition) is 6. The van der Waals surface area contributed by atoms with E-state index in [9.17, 15) is 4.79 Å². The maximum Gasteiger partial charge on any atom is 0.221 e. The monoisotopic (exact) mass is 355 g/mol. The van der Waals surface area contributed by atoms with Crippen molar-refractivity contribution in [1.29, 1.82) is 0 Å². The van der Waals surface area contributed by atoms with Crippen LogP contribution in [-0.2, 0) is 23.7 Å².